The molecule has 486 valence electrons. The summed E-state index contributed by atoms with van der Waals surface area (Å²) in [7, 11) is 0. The van der Waals surface area contributed by atoms with Gasteiger partial charge in [0.25, 0.3) is 0 Å². The second-order valence-corrected chi connectivity index (χ2v) is 25.2. The summed E-state index contributed by atoms with van der Waals surface area (Å²) in [5.41, 5.74) is 0. The summed E-state index contributed by atoms with van der Waals surface area (Å²) < 4.78 is 17.0. The number of carbonyl (C=O) groups is 3. The van der Waals surface area contributed by atoms with Gasteiger partial charge in [0.1, 0.15) is 13.2 Å². The Kier molecular flexibility index (Phi) is 69.6. The molecular weight excluding hydrogens is 1020 g/mol. The molecule has 0 aromatic heterocycles. The highest BCUT2D eigenvalue weighted by Crippen LogP contribution is 2.18. The molecule has 0 fully saturated rings. The van der Waals surface area contributed by atoms with Gasteiger partial charge in [0.05, 0.1) is 0 Å². The van der Waals surface area contributed by atoms with Crippen LogP contribution in [0.4, 0.5) is 0 Å². The Morgan fingerprint density at radius 1 is 0.241 bits per heavy atom. The Hall–Kier alpha value is -2.63. The van der Waals surface area contributed by atoms with Gasteiger partial charge in [0, 0.05) is 19.3 Å². The quantitative estimate of drug-likeness (QED) is 0.0261. The van der Waals surface area contributed by atoms with Gasteiger partial charge in [0.2, 0.25) is 0 Å². The lowest BCUT2D eigenvalue weighted by atomic mass is 10.0. The second-order valence-electron chi connectivity index (χ2n) is 25.2. The van der Waals surface area contributed by atoms with E-state index in [1.165, 1.54) is 302 Å². The zero-order chi connectivity index (χ0) is 59.9. The van der Waals surface area contributed by atoms with Crippen LogP contribution >= 0.6 is 0 Å². The number of hydrogen-bond donors (Lipinski definition) is 0. The van der Waals surface area contributed by atoms with Crippen LogP contribution in [-0.2, 0) is 28.6 Å². The van der Waals surface area contributed by atoms with Gasteiger partial charge < -0.3 is 14.2 Å². The fourth-order valence-corrected chi connectivity index (χ4v) is 11.2. The Labute approximate surface area is 518 Å². The molecule has 0 N–H and O–H groups in total. The monoisotopic (exact) mass is 1160 g/mol. The van der Waals surface area contributed by atoms with Gasteiger partial charge >= 0.3 is 17.9 Å². The van der Waals surface area contributed by atoms with E-state index in [1.54, 1.807) is 0 Å². The first-order chi connectivity index (χ1) is 41.0. The topological polar surface area (TPSA) is 78.9 Å². The van der Waals surface area contributed by atoms with E-state index >= 15 is 0 Å². The van der Waals surface area contributed by atoms with Gasteiger partial charge in [-0.2, -0.15) is 0 Å². The van der Waals surface area contributed by atoms with Gasteiger partial charge in [0.15, 0.2) is 6.10 Å². The van der Waals surface area contributed by atoms with Crippen LogP contribution in [0.25, 0.3) is 0 Å². The lowest BCUT2D eigenvalue weighted by Gasteiger charge is -2.18. The highest BCUT2D eigenvalue weighted by molar-refractivity contribution is 5.71. The number of ether oxygens (including phenoxy) is 3. The van der Waals surface area contributed by atoms with Crippen molar-refractivity contribution in [3.05, 3.63) is 48.6 Å². The van der Waals surface area contributed by atoms with Gasteiger partial charge in [-0.25, -0.2) is 0 Å². The van der Waals surface area contributed by atoms with E-state index in [1.807, 2.05) is 0 Å². The third kappa shape index (κ3) is 70.0. The summed E-state index contributed by atoms with van der Waals surface area (Å²) in [5, 5.41) is 0. The molecule has 0 saturated carbocycles. The van der Waals surface area contributed by atoms with Gasteiger partial charge in [-0.1, -0.05) is 333 Å². The molecule has 0 radical (unpaired) electrons. The first kappa shape index (κ1) is 80.4. The molecule has 1 atom stereocenters. The molecule has 1 unspecified atom stereocenters. The second kappa shape index (κ2) is 71.8. The average Bonchev–Trinajstić information content (AvgIpc) is 3.49. The zero-order valence-electron chi connectivity index (χ0n) is 56.0. The third-order valence-electron chi connectivity index (χ3n) is 16.8. The normalized spacial score (nSPS) is 12.3. The molecule has 6 heteroatoms. The van der Waals surface area contributed by atoms with E-state index in [0.29, 0.717) is 19.3 Å². The smallest absolute Gasteiger partial charge is 0.306 e. The van der Waals surface area contributed by atoms with Crippen molar-refractivity contribution in [3.8, 4) is 0 Å². The van der Waals surface area contributed by atoms with E-state index in [-0.39, 0.29) is 31.1 Å². The number of rotatable bonds is 69. The predicted molar refractivity (Wildman–Crippen MR) is 362 cm³/mol. The molecule has 83 heavy (non-hydrogen) atoms. The van der Waals surface area contributed by atoms with Gasteiger partial charge in [-0.05, 0) is 103 Å². The molecule has 0 heterocycles. The zero-order valence-corrected chi connectivity index (χ0v) is 56.0. The van der Waals surface area contributed by atoms with E-state index < -0.39 is 6.10 Å². The van der Waals surface area contributed by atoms with Gasteiger partial charge in [-0.3, -0.25) is 14.4 Å². The number of hydrogen-bond acceptors (Lipinski definition) is 6. The minimum absolute atomic E-state index is 0.0720. The fraction of sp³-hybridized carbons (Fsp3) is 0.857. The Bertz CT molecular complexity index is 1430. The Morgan fingerprint density at radius 2 is 0.434 bits per heavy atom. The minimum atomic E-state index is -0.777. The van der Waals surface area contributed by atoms with Crippen LogP contribution in [0.2, 0.25) is 0 Å². The molecule has 0 aliphatic heterocycles. The molecule has 0 aliphatic rings. The van der Waals surface area contributed by atoms with E-state index in [0.717, 1.165) is 64.2 Å². The van der Waals surface area contributed by atoms with Crippen molar-refractivity contribution in [2.45, 2.75) is 412 Å². The van der Waals surface area contributed by atoms with Crippen LogP contribution in [0.1, 0.15) is 406 Å². The summed E-state index contributed by atoms with van der Waals surface area (Å²) in [6.07, 6.45) is 91.5. The van der Waals surface area contributed by atoms with Crippen molar-refractivity contribution >= 4 is 17.9 Å². The molecule has 0 spiro atoms. The van der Waals surface area contributed by atoms with Crippen molar-refractivity contribution in [1.29, 1.82) is 0 Å². The van der Waals surface area contributed by atoms with Gasteiger partial charge in [-0.15, -0.1) is 0 Å². The summed E-state index contributed by atoms with van der Waals surface area (Å²) in [6, 6.07) is 0. The molecule has 0 bridgehead atoms. The molecule has 0 saturated heterocycles. The van der Waals surface area contributed by atoms with Crippen molar-refractivity contribution in [3.63, 3.8) is 0 Å². The van der Waals surface area contributed by atoms with Crippen LogP contribution in [0.15, 0.2) is 48.6 Å². The van der Waals surface area contributed by atoms with Crippen molar-refractivity contribution in [2.75, 3.05) is 13.2 Å². The number of allylic oxidation sites excluding steroid dienone is 8. The standard InChI is InChI=1S/C77H142O6/c1-4-7-10-13-16-19-22-25-28-31-34-35-36-37-38-39-40-41-42-43-44-47-49-52-55-58-61-64-67-70-76(79)82-73-74(83-77(80)71-68-65-62-59-56-53-50-46-33-30-27-24-21-18-15-12-9-6-3)72-81-75(78)69-66-63-60-57-54-51-48-45-32-29-26-23-20-17-14-11-8-5-2/h22,25,29-34,74H,4-21,23-24,26-28,35-73H2,1-3H3/b25-22-,32-29-,33-30-,34-31-. The summed E-state index contributed by atoms with van der Waals surface area (Å²) >= 11 is 0. The fourth-order valence-electron chi connectivity index (χ4n) is 11.2. The largest absolute Gasteiger partial charge is 0.462 e. The van der Waals surface area contributed by atoms with Crippen LogP contribution < -0.4 is 0 Å². The van der Waals surface area contributed by atoms with E-state index in [9.17, 15) is 14.4 Å². The van der Waals surface area contributed by atoms with Crippen molar-refractivity contribution in [1.82, 2.24) is 0 Å². The Morgan fingerprint density at radius 3 is 0.675 bits per heavy atom. The number of unbranched alkanes of at least 4 members (excludes halogenated alkanes) is 50. The highest BCUT2D eigenvalue weighted by atomic mass is 16.6. The molecule has 0 aromatic carbocycles. The lowest BCUT2D eigenvalue weighted by Crippen LogP contribution is -2.30. The third-order valence-corrected chi connectivity index (χ3v) is 16.8. The predicted octanol–water partition coefficient (Wildman–Crippen LogP) is 25.7. The molecular formula is C77H142O6. The molecule has 0 rings (SSSR count). The lowest BCUT2D eigenvalue weighted by molar-refractivity contribution is -0.167. The maximum absolute atomic E-state index is 13.0. The molecule has 6 nitrogen and oxygen atoms in total. The highest BCUT2D eigenvalue weighted by Gasteiger charge is 2.19. The molecule has 0 amide bonds. The summed E-state index contributed by atoms with van der Waals surface area (Å²) in [5.74, 6) is -0.852. The van der Waals surface area contributed by atoms with E-state index in [2.05, 4.69) is 69.4 Å². The number of esters is 3. The first-order valence-electron chi connectivity index (χ1n) is 37.1. The number of carbonyl (C=O) groups excluding carboxylic acids is 3. The Balaban J connectivity index is 4.25. The first-order valence-corrected chi connectivity index (χ1v) is 37.1. The van der Waals surface area contributed by atoms with Crippen LogP contribution in [0.5, 0.6) is 0 Å². The maximum Gasteiger partial charge on any atom is 0.306 e. The molecule has 0 aliphatic carbocycles. The molecule has 0 aromatic rings. The van der Waals surface area contributed by atoms with Crippen molar-refractivity contribution < 1.29 is 28.6 Å². The summed E-state index contributed by atoms with van der Waals surface area (Å²) in [6.45, 7) is 6.69. The van der Waals surface area contributed by atoms with Crippen molar-refractivity contribution in [2.24, 2.45) is 0 Å². The van der Waals surface area contributed by atoms with Crippen LogP contribution in [-0.4, -0.2) is 37.2 Å². The van der Waals surface area contributed by atoms with Crippen LogP contribution in [0, 0.1) is 0 Å². The summed E-state index contributed by atoms with van der Waals surface area (Å²) in [4.78, 5) is 38.5. The SMILES string of the molecule is CCCCCCC/C=C\C/C=C\CCCCCCCCCCCCCCCCCCCC(=O)OCC(COC(=O)CCCCCCCCC/C=C\CCCCCCCCC)OC(=O)CCCCCCCCC/C=C\CCCCCCCCC. The maximum atomic E-state index is 13.0. The average molecular weight is 1160 g/mol. The van der Waals surface area contributed by atoms with Crippen LogP contribution in [0.3, 0.4) is 0 Å². The van der Waals surface area contributed by atoms with E-state index in [4.69, 9.17) is 14.2 Å². The minimum Gasteiger partial charge on any atom is -0.462 e.